The smallest absolute Gasteiger partial charge is 0.264 e. The molecule has 2 amide bonds. The number of ether oxygens (including phenoxy) is 1. The molecular weight excluding hydrogens is 606 g/mol. The van der Waals surface area contributed by atoms with Crippen molar-refractivity contribution in [2.45, 2.75) is 24.4 Å². The molecular formula is C31H30BrN3O5S. The molecule has 0 saturated heterocycles. The lowest BCUT2D eigenvalue weighted by Crippen LogP contribution is -2.50. The third-order valence-electron chi connectivity index (χ3n) is 6.39. The standard InChI is InChI=1S/C31H30BrN3O5S/c1-23(31(37)33-2)34(21-24-13-15-25(32)16-14-24)30(36)22-35(41(38,39)29-11-7-4-8-12-29)26-17-19-28(20-18-26)40-27-9-5-3-6-10-27/h3-20,23H,21-22H2,1-2H3,(H,33,37). The summed E-state index contributed by atoms with van der Waals surface area (Å²) < 4.78 is 35.5. The van der Waals surface area contributed by atoms with Crippen LogP contribution in [0.15, 0.2) is 119 Å². The van der Waals surface area contributed by atoms with Crippen molar-refractivity contribution in [3.63, 3.8) is 0 Å². The highest BCUT2D eigenvalue weighted by atomic mass is 79.9. The molecule has 41 heavy (non-hydrogen) atoms. The second kappa shape index (κ2) is 13.5. The van der Waals surface area contributed by atoms with Crippen LogP contribution >= 0.6 is 15.9 Å². The monoisotopic (exact) mass is 635 g/mol. The van der Waals surface area contributed by atoms with Gasteiger partial charge in [0.1, 0.15) is 24.1 Å². The molecule has 0 heterocycles. The van der Waals surface area contributed by atoms with Crippen molar-refractivity contribution in [3.8, 4) is 11.5 Å². The summed E-state index contributed by atoms with van der Waals surface area (Å²) >= 11 is 3.40. The Labute approximate surface area is 248 Å². The average molecular weight is 637 g/mol. The largest absolute Gasteiger partial charge is 0.457 e. The molecule has 4 aromatic rings. The first-order valence-electron chi connectivity index (χ1n) is 12.9. The summed E-state index contributed by atoms with van der Waals surface area (Å²) in [6.07, 6.45) is 0. The van der Waals surface area contributed by atoms with Crippen LogP contribution in [0.4, 0.5) is 5.69 Å². The molecule has 4 rings (SSSR count). The van der Waals surface area contributed by atoms with Gasteiger partial charge in [-0.15, -0.1) is 0 Å². The van der Waals surface area contributed by atoms with Crippen LogP contribution in [0.1, 0.15) is 12.5 Å². The van der Waals surface area contributed by atoms with Crippen LogP contribution in [-0.4, -0.2) is 44.8 Å². The van der Waals surface area contributed by atoms with Gasteiger partial charge in [0.15, 0.2) is 0 Å². The van der Waals surface area contributed by atoms with Crippen molar-refractivity contribution in [1.82, 2.24) is 10.2 Å². The van der Waals surface area contributed by atoms with Crippen LogP contribution in [0, 0.1) is 0 Å². The number of hydrogen-bond acceptors (Lipinski definition) is 5. The molecule has 0 radical (unpaired) electrons. The summed E-state index contributed by atoms with van der Waals surface area (Å²) in [6, 6.07) is 30.1. The van der Waals surface area contributed by atoms with Crippen LogP contribution in [-0.2, 0) is 26.2 Å². The molecule has 4 aromatic carbocycles. The van der Waals surface area contributed by atoms with Gasteiger partial charge in [-0.2, -0.15) is 0 Å². The Bertz CT molecular complexity index is 1570. The molecule has 0 aliphatic carbocycles. The average Bonchev–Trinajstić information content (AvgIpc) is 3.00. The van der Waals surface area contributed by atoms with Gasteiger partial charge in [0.2, 0.25) is 11.8 Å². The van der Waals surface area contributed by atoms with E-state index in [2.05, 4.69) is 21.2 Å². The Hall–Kier alpha value is -4.15. The fourth-order valence-electron chi connectivity index (χ4n) is 4.13. The predicted octanol–water partition coefficient (Wildman–Crippen LogP) is 5.60. The van der Waals surface area contributed by atoms with Gasteiger partial charge in [-0.3, -0.25) is 13.9 Å². The number of amides is 2. The molecule has 8 nitrogen and oxygen atoms in total. The molecule has 0 spiro atoms. The van der Waals surface area contributed by atoms with Crippen LogP contribution in [0.2, 0.25) is 0 Å². The highest BCUT2D eigenvalue weighted by Gasteiger charge is 2.32. The zero-order chi connectivity index (χ0) is 29.4. The Kier molecular flexibility index (Phi) is 9.80. The number of carbonyl (C=O) groups is 2. The lowest BCUT2D eigenvalue weighted by atomic mass is 10.1. The fraction of sp³-hybridized carbons (Fsp3) is 0.161. The minimum Gasteiger partial charge on any atom is -0.457 e. The molecule has 212 valence electrons. The molecule has 1 atom stereocenters. The minimum atomic E-state index is -4.15. The molecule has 1 unspecified atom stereocenters. The Morgan fingerprint density at radius 3 is 1.98 bits per heavy atom. The summed E-state index contributed by atoms with van der Waals surface area (Å²) in [5, 5.41) is 2.58. The summed E-state index contributed by atoms with van der Waals surface area (Å²) in [4.78, 5) is 27.9. The maximum absolute atomic E-state index is 13.9. The van der Waals surface area contributed by atoms with Crippen molar-refractivity contribution in [3.05, 3.63) is 119 Å². The SMILES string of the molecule is CNC(=O)C(C)N(Cc1ccc(Br)cc1)C(=O)CN(c1ccc(Oc2ccccc2)cc1)S(=O)(=O)c1ccccc1. The van der Waals surface area contributed by atoms with Gasteiger partial charge in [0, 0.05) is 18.1 Å². The maximum Gasteiger partial charge on any atom is 0.264 e. The van der Waals surface area contributed by atoms with Crippen molar-refractivity contribution < 1.29 is 22.7 Å². The maximum atomic E-state index is 13.9. The fourth-order valence-corrected chi connectivity index (χ4v) is 5.83. The first-order chi connectivity index (χ1) is 19.7. The number of anilines is 1. The number of halogens is 1. The third kappa shape index (κ3) is 7.53. The topological polar surface area (TPSA) is 96.0 Å². The molecule has 0 aromatic heterocycles. The predicted molar refractivity (Wildman–Crippen MR) is 162 cm³/mol. The van der Waals surface area contributed by atoms with E-state index < -0.39 is 28.5 Å². The number of benzene rings is 4. The molecule has 1 N–H and O–H groups in total. The van der Waals surface area contributed by atoms with E-state index in [9.17, 15) is 18.0 Å². The number of rotatable bonds is 11. The van der Waals surface area contributed by atoms with Gasteiger partial charge in [-0.1, -0.05) is 64.5 Å². The zero-order valence-electron chi connectivity index (χ0n) is 22.6. The number of para-hydroxylation sites is 1. The first-order valence-corrected chi connectivity index (χ1v) is 15.1. The normalized spacial score (nSPS) is 11.8. The third-order valence-corrected chi connectivity index (χ3v) is 8.71. The summed E-state index contributed by atoms with van der Waals surface area (Å²) in [5.74, 6) is 0.243. The quantitative estimate of drug-likeness (QED) is 0.231. The number of hydrogen-bond donors (Lipinski definition) is 1. The zero-order valence-corrected chi connectivity index (χ0v) is 25.0. The molecule has 0 bridgehead atoms. The van der Waals surface area contributed by atoms with E-state index in [-0.39, 0.29) is 23.0 Å². The van der Waals surface area contributed by atoms with Gasteiger partial charge in [-0.05, 0) is 73.2 Å². The van der Waals surface area contributed by atoms with E-state index >= 15 is 0 Å². The number of sulfonamides is 1. The summed E-state index contributed by atoms with van der Waals surface area (Å²) in [7, 11) is -2.65. The van der Waals surface area contributed by atoms with Gasteiger partial charge >= 0.3 is 0 Å². The molecule has 0 aliphatic heterocycles. The van der Waals surface area contributed by atoms with E-state index in [0.29, 0.717) is 11.5 Å². The van der Waals surface area contributed by atoms with E-state index in [1.807, 2.05) is 54.6 Å². The van der Waals surface area contributed by atoms with E-state index in [1.165, 1.54) is 24.1 Å². The summed E-state index contributed by atoms with van der Waals surface area (Å²) in [6.45, 7) is 1.21. The van der Waals surface area contributed by atoms with E-state index in [1.54, 1.807) is 49.4 Å². The van der Waals surface area contributed by atoms with Crippen molar-refractivity contribution >= 4 is 43.5 Å². The molecule has 10 heteroatoms. The van der Waals surface area contributed by atoms with E-state index in [0.717, 1.165) is 14.3 Å². The highest BCUT2D eigenvalue weighted by molar-refractivity contribution is 9.10. The minimum absolute atomic E-state index is 0.0382. The van der Waals surface area contributed by atoms with Gasteiger partial charge in [0.25, 0.3) is 10.0 Å². The Balaban J connectivity index is 1.68. The van der Waals surface area contributed by atoms with Crippen molar-refractivity contribution in [1.29, 1.82) is 0 Å². The number of nitrogens with zero attached hydrogens (tertiary/aromatic N) is 2. The number of carbonyl (C=O) groups excluding carboxylic acids is 2. The van der Waals surface area contributed by atoms with Crippen LogP contribution in [0.25, 0.3) is 0 Å². The van der Waals surface area contributed by atoms with Crippen LogP contribution in [0.5, 0.6) is 11.5 Å². The lowest BCUT2D eigenvalue weighted by molar-refractivity contribution is -0.139. The highest BCUT2D eigenvalue weighted by Crippen LogP contribution is 2.28. The van der Waals surface area contributed by atoms with Crippen molar-refractivity contribution in [2.75, 3.05) is 17.9 Å². The van der Waals surface area contributed by atoms with Gasteiger partial charge in [-0.25, -0.2) is 8.42 Å². The molecule has 0 fully saturated rings. The molecule has 0 saturated carbocycles. The number of nitrogens with one attached hydrogen (secondary N) is 1. The summed E-state index contributed by atoms with van der Waals surface area (Å²) in [5.41, 5.74) is 1.07. The van der Waals surface area contributed by atoms with Crippen LogP contribution < -0.4 is 14.4 Å². The van der Waals surface area contributed by atoms with Crippen molar-refractivity contribution in [2.24, 2.45) is 0 Å². The van der Waals surface area contributed by atoms with Gasteiger partial charge < -0.3 is 15.0 Å². The second-order valence-corrected chi connectivity index (χ2v) is 12.0. The van der Waals surface area contributed by atoms with Crippen LogP contribution in [0.3, 0.4) is 0 Å². The van der Waals surface area contributed by atoms with Gasteiger partial charge in [0.05, 0.1) is 10.6 Å². The Morgan fingerprint density at radius 1 is 0.829 bits per heavy atom. The lowest BCUT2D eigenvalue weighted by Gasteiger charge is -2.31. The van der Waals surface area contributed by atoms with E-state index in [4.69, 9.17) is 4.74 Å². The first kappa shape index (κ1) is 29.8. The molecule has 0 aliphatic rings. The number of likely N-dealkylation sites (N-methyl/N-ethyl adjacent to an activating group) is 1. The Morgan fingerprint density at radius 2 is 1.39 bits per heavy atom. The second-order valence-electron chi connectivity index (χ2n) is 9.17.